The van der Waals surface area contributed by atoms with Crippen molar-refractivity contribution in [2.75, 3.05) is 66.1 Å². The van der Waals surface area contributed by atoms with Crippen LogP contribution in [-0.4, -0.2) is 104 Å². The third-order valence-corrected chi connectivity index (χ3v) is 14.2. The van der Waals surface area contributed by atoms with Gasteiger partial charge in [0, 0.05) is 70.1 Å². The maximum atomic E-state index is 12.5. The largest absolute Gasteiger partial charge is 0.508 e. The molecule has 63 heavy (non-hydrogen) atoms. The van der Waals surface area contributed by atoms with Gasteiger partial charge in [-0.3, -0.25) is 14.2 Å². The van der Waals surface area contributed by atoms with Crippen molar-refractivity contribution in [1.29, 1.82) is 0 Å². The molecular weight excluding hydrogens is 923 g/mol. The smallest absolute Gasteiger partial charge is 0.387 e. The van der Waals surface area contributed by atoms with Crippen molar-refractivity contribution in [3.8, 4) is 45.8 Å². The Kier molecular flexibility index (Phi) is 16.2. The van der Waals surface area contributed by atoms with Gasteiger partial charge in [0.05, 0.1) is 57.6 Å². The van der Waals surface area contributed by atoms with Gasteiger partial charge in [-0.2, -0.15) is 17.6 Å². The maximum absolute atomic E-state index is 12.5. The number of phenols is 1. The summed E-state index contributed by atoms with van der Waals surface area (Å²) in [5.41, 5.74) is 6.41. The summed E-state index contributed by atoms with van der Waals surface area (Å²) in [4.78, 5) is 25.0. The number of aromatic hydroxyl groups is 1. The molecule has 8 rings (SSSR count). The minimum Gasteiger partial charge on any atom is -0.508 e. The van der Waals surface area contributed by atoms with Crippen molar-refractivity contribution < 1.29 is 64.9 Å². The number of pyridine rings is 2. The van der Waals surface area contributed by atoms with E-state index in [4.69, 9.17) is 28.4 Å². The summed E-state index contributed by atoms with van der Waals surface area (Å²) in [5, 5.41) is 9.72. The normalized spacial score (nSPS) is 18.8. The Morgan fingerprint density at radius 3 is 1.73 bits per heavy atom. The van der Waals surface area contributed by atoms with Crippen LogP contribution in [0.5, 0.6) is 23.3 Å². The molecule has 4 aromatic rings. The Balaban J connectivity index is 0.000000174. The minimum atomic E-state index is -3.79. The van der Waals surface area contributed by atoms with Crippen molar-refractivity contribution in [2.45, 2.75) is 70.1 Å². The molecule has 0 radical (unpaired) electrons. The highest BCUT2D eigenvalue weighted by Crippen LogP contribution is 2.61. The number of rotatable bonds is 11. The predicted octanol–water partition coefficient (Wildman–Crippen LogP) is 7.53. The third kappa shape index (κ3) is 11.9. The van der Waals surface area contributed by atoms with Crippen LogP contribution in [0, 0.1) is 13.8 Å². The molecule has 4 aliphatic heterocycles. The van der Waals surface area contributed by atoms with Crippen LogP contribution < -0.4 is 25.1 Å². The van der Waals surface area contributed by atoms with Crippen LogP contribution in [0.25, 0.3) is 22.5 Å². The average Bonchev–Trinajstić information content (AvgIpc) is 3.25. The van der Waals surface area contributed by atoms with E-state index in [2.05, 4.69) is 9.26 Å². The Bertz CT molecular complexity index is 2400. The van der Waals surface area contributed by atoms with Crippen LogP contribution in [0.1, 0.15) is 29.2 Å². The molecule has 6 heterocycles. The topological polar surface area (TPSA) is 155 Å². The summed E-state index contributed by atoms with van der Waals surface area (Å²) < 4.78 is 103. The van der Waals surface area contributed by atoms with E-state index in [1.165, 1.54) is 19.1 Å². The molecule has 4 aliphatic rings. The van der Waals surface area contributed by atoms with E-state index in [1.54, 1.807) is 37.3 Å². The van der Waals surface area contributed by atoms with Crippen molar-refractivity contribution >= 4 is 23.3 Å². The molecule has 2 saturated heterocycles. The number of benzene rings is 2. The highest BCUT2D eigenvalue weighted by atomic mass is 79.9. The Morgan fingerprint density at radius 1 is 0.810 bits per heavy atom. The van der Waals surface area contributed by atoms with Gasteiger partial charge in [-0.15, -0.1) is 0 Å². The van der Waals surface area contributed by atoms with E-state index in [9.17, 15) is 36.8 Å². The minimum absolute atomic E-state index is 0.0228. The number of nitrogens with zero attached hydrogens (tertiary/aromatic N) is 2. The number of fused-ring (bicyclic) bond motifs is 6. The van der Waals surface area contributed by atoms with E-state index in [0.29, 0.717) is 88.6 Å². The van der Waals surface area contributed by atoms with Crippen LogP contribution in [-0.2, 0) is 54.0 Å². The SMILES string of the molecule is CCOP(C)(=O)C(F)(F)Br.Cc1c2n(c(OC[C@@H]3COCCO3)cc1=O)CCc1cc(O)ccc1-2.Cc1c2n(c(OC[C@@H]3COCCO3)cc1=O)CCc1cc(OC(F)F)ccc1-2. The molecule has 0 aliphatic carbocycles. The lowest BCUT2D eigenvalue weighted by atomic mass is 9.94. The standard InChI is InChI=1S/C20H21F2NO5.C19H21NO5.C4H8BrF2O2P/c1-12-17(24)9-18(27-11-15-10-25-6-7-26-15)23-5-4-13-8-14(28-20(21)22)2-3-16(13)19(12)23;1-12-17(22)9-18(25-11-15-10-23-6-7-24-15)20-5-4-13-8-14(21)2-3-16(13)19(12)20;1-3-9-10(2,8)4(5,6)7/h2-3,8-9,15,20H,4-7,10-11H2,1H3;2-3,8-9,15,21H,4-7,10-11H2,1H3;3H2,1-2H3/t2*15-;/m00./s1. The lowest BCUT2D eigenvalue weighted by Gasteiger charge is -2.28. The van der Waals surface area contributed by atoms with Crippen LogP contribution in [0.4, 0.5) is 17.6 Å². The highest BCUT2D eigenvalue weighted by Gasteiger charge is 2.44. The first kappa shape index (κ1) is 48.2. The van der Waals surface area contributed by atoms with Crippen LogP contribution >= 0.6 is 23.3 Å². The van der Waals surface area contributed by atoms with Crippen molar-refractivity contribution in [1.82, 2.24) is 9.13 Å². The van der Waals surface area contributed by atoms with Crippen molar-refractivity contribution in [3.63, 3.8) is 0 Å². The monoisotopic (exact) mass is 972 g/mol. The average molecular weight is 974 g/mol. The van der Waals surface area contributed by atoms with Crippen LogP contribution in [0.15, 0.2) is 58.1 Å². The molecule has 0 bridgehead atoms. The molecule has 2 aromatic carbocycles. The number of aryl methyl sites for hydroxylation is 2. The third-order valence-electron chi connectivity index (χ3n) is 10.6. The zero-order valence-electron chi connectivity index (χ0n) is 35.2. The van der Waals surface area contributed by atoms with E-state index in [0.717, 1.165) is 46.7 Å². The summed E-state index contributed by atoms with van der Waals surface area (Å²) in [6.07, 6.45) is 1.10. The molecule has 0 spiro atoms. The van der Waals surface area contributed by atoms with Gasteiger partial charge < -0.3 is 51.9 Å². The molecule has 2 aromatic heterocycles. The van der Waals surface area contributed by atoms with Gasteiger partial charge in [-0.1, -0.05) is 0 Å². The summed E-state index contributed by atoms with van der Waals surface area (Å²) in [6, 6.07) is 13.1. The summed E-state index contributed by atoms with van der Waals surface area (Å²) in [5.74, 6) is 1.38. The fourth-order valence-corrected chi connectivity index (χ4v) is 8.39. The van der Waals surface area contributed by atoms with Gasteiger partial charge in [0.1, 0.15) is 36.9 Å². The summed E-state index contributed by atoms with van der Waals surface area (Å²) >= 11 is 1.98. The fourth-order valence-electron chi connectivity index (χ4n) is 7.44. The number of hydrogen-bond acceptors (Lipinski definition) is 12. The zero-order valence-corrected chi connectivity index (χ0v) is 37.7. The Hall–Kier alpha value is -4.23. The molecule has 3 atom stereocenters. The molecule has 0 amide bonds. The molecule has 0 saturated carbocycles. The van der Waals surface area contributed by atoms with Crippen molar-refractivity contribution in [3.05, 3.63) is 91.2 Å². The van der Waals surface area contributed by atoms with Gasteiger partial charge >= 0.3 is 11.2 Å². The molecule has 20 heteroatoms. The Morgan fingerprint density at radius 2 is 1.30 bits per heavy atom. The lowest BCUT2D eigenvalue weighted by molar-refractivity contribution is -0.102. The molecule has 1 unspecified atom stereocenters. The zero-order chi connectivity index (χ0) is 45.5. The summed E-state index contributed by atoms with van der Waals surface area (Å²) in [7, 11) is -3.79. The summed E-state index contributed by atoms with van der Waals surface area (Å²) in [6.45, 7) is 8.29. The van der Waals surface area contributed by atoms with E-state index < -0.39 is 18.6 Å². The van der Waals surface area contributed by atoms with E-state index in [-0.39, 0.29) is 47.8 Å². The molecule has 1 N–H and O–H groups in total. The predicted molar refractivity (Wildman–Crippen MR) is 229 cm³/mol. The number of alkyl halides is 5. The maximum Gasteiger partial charge on any atom is 0.387 e. The van der Waals surface area contributed by atoms with Crippen molar-refractivity contribution in [2.24, 2.45) is 0 Å². The van der Waals surface area contributed by atoms with Crippen LogP contribution in [0.2, 0.25) is 0 Å². The molecule has 14 nitrogen and oxygen atoms in total. The highest BCUT2D eigenvalue weighted by molar-refractivity contribution is 9.11. The Labute approximate surface area is 369 Å². The van der Waals surface area contributed by atoms with E-state index >= 15 is 0 Å². The molecule has 344 valence electrons. The number of hydrogen-bond donors (Lipinski definition) is 1. The van der Waals surface area contributed by atoms with Crippen LogP contribution in [0.3, 0.4) is 0 Å². The van der Waals surface area contributed by atoms with Gasteiger partial charge in [0.25, 0.3) is 7.37 Å². The quantitative estimate of drug-likeness (QED) is 0.0898. The molecule has 2 fully saturated rings. The van der Waals surface area contributed by atoms with Gasteiger partial charge in [0.2, 0.25) is 0 Å². The number of halogens is 5. The number of phenolic OH excluding ortho intramolecular Hbond substituents is 1. The second-order valence-corrected chi connectivity index (χ2v) is 19.1. The first-order valence-corrected chi connectivity index (χ1v) is 23.2. The van der Waals surface area contributed by atoms with Gasteiger partial charge in [-0.25, -0.2) is 0 Å². The first-order valence-electron chi connectivity index (χ1n) is 20.3. The van der Waals surface area contributed by atoms with Gasteiger partial charge in [-0.05, 0) is 81.1 Å². The second kappa shape index (κ2) is 21.2. The lowest BCUT2D eigenvalue weighted by Crippen LogP contribution is -2.34. The second-order valence-electron chi connectivity index (χ2n) is 15.0. The number of aromatic nitrogens is 2. The first-order chi connectivity index (χ1) is 30.0. The van der Waals surface area contributed by atoms with E-state index in [1.807, 2.05) is 38.1 Å². The van der Waals surface area contributed by atoms with Gasteiger partial charge in [0.15, 0.2) is 22.6 Å². The molecular formula is C43H50BrF4N2O12P. The number of ether oxygens (including phenoxy) is 7. The fraction of sp³-hybridized carbons (Fsp3) is 0.488.